The highest BCUT2D eigenvalue weighted by Gasteiger charge is 2.42. The molecule has 6 heterocycles. The second kappa shape index (κ2) is 13.3. The molecule has 254 valence electrons. The maximum absolute atomic E-state index is 14.2. The van der Waals surface area contributed by atoms with Crippen molar-refractivity contribution < 1.29 is 14.7 Å². The van der Waals surface area contributed by atoms with Crippen molar-refractivity contribution in [1.82, 2.24) is 33.9 Å². The number of rotatable bonds is 7. The molecule has 2 fully saturated rings. The molecule has 12 heteroatoms. The highest BCUT2D eigenvalue weighted by Crippen LogP contribution is 2.37. The number of aliphatic hydroxyl groups is 1. The number of benzene rings is 1. The zero-order chi connectivity index (χ0) is 34.3. The summed E-state index contributed by atoms with van der Waals surface area (Å²) in [7, 11) is 0. The molecule has 2 aliphatic rings. The molecule has 11 nitrogen and oxygen atoms in total. The predicted octanol–water partition coefficient (Wildman–Crippen LogP) is 4.65. The van der Waals surface area contributed by atoms with Crippen molar-refractivity contribution in [2.24, 2.45) is 5.92 Å². The van der Waals surface area contributed by atoms with E-state index >= 15 is 0 Å². The zero-order valence-corrected chi connectivity index (χ0v) is 28.9. The third-order valence-corrected chi connectivity index (χ3v) is 11.3. The number of fused-ring (bicyclic) bond motifs is 1. The van der Waals surface area contributed by atoms with Crippen molar-refractivity contribution in [1.29, 1.82) is 0 Å². The van der Waals surface area contributed by atoms with Gasteiger partial charge < -0.3 is 19.5 Å². The quantitative estimate of drug-likeness (QED) is 0.265. The number of nitrogens with zero attached hydrogens (tertiary/aromatic N) is 7. The number of carbonyl (C=O) groups is 2. The normalized spacial score (nSPS) is 19.3. The lowest BCUT2D eigenvalue weighted by Crippen LogP contribution is -2.53. The van der Waals surface area contributed by atoms with E-state index < -0.39 is 5.60 Å². The van der Waals surface area contributed by atoms with Crippen molar-refractivity contribution >= 4 is 34.2 Å². The number of pyridine rings is 1. The van der Waals surface area contributed by atoms with E-state index in [0.29, 0.717) is 73.6 Å². The van der Waals surface area contributed by atoms with Gasteiger partial charge in [0.2, 0.25) is 5.91 Å². The SMILES string of the molecule is CCn1ccc2c(=O)n(CC3(O)CCN(C(=O)[C@@H]4CCN(C(=O)c5sc(-c6ccc(C)nc6)nc5C)C[C@H]4c4ccccc4)CC3)cnc21. The number of amides is 2. The Labute approximate surface area is 288 Å². The largest absolute Gasteiger partial charge is 0.388 e. The molecule has 0 unspecified atom stereocenters. The molecule has 0 bridgehead atoms. The van der Waals surface area contributed by atoms with E-state index in [1.807, 2.05) is 83.8 Å². The van der Waals surface area contributed by atoms with Crippen LogP contribution in [0.25, 0.3) is 21.6 Å². The number of hydrogen-bond acceptors (Lipinski definition) is 8. The topological polar surface area (TPSA) is 126 Å². The summed E-state index contributed by atoms with van der Waals surface area (Å²) in [6, 6.07) is 15.7. The van der Waals surface area contributed by atoms with Crippen LogP contribution in [0.2, 0.25) is 0 Å². The van der Waals surface area contributed by atoms with Crippen molar-refractivity contribution in [3.63, 3.8) is 0 Å². The fraction of sp³-hybridized carbons (Fsp3) is 0.405. The van der Waals surface area contributed by atoms with Crippen LogP contribution >= 0.6 is 11.3 Å². The van der Waals surface area contributed by atoms with Crippen molar-refractivity contribution in [2.75, 3.05) is 26.2 Å². The first-order valence-electron chi connectivity index (χ1n) is 16.9. The van der Waals surface area contributed by atoms with Crippen molar-refractivity contribution in [2.45, 2.75) is 64.6 Å². The lowest BCUT2D eigenvalue weighted by atomic mass is 9.79. The van der Waals surface area contributed by atoms with Crippen LogP contribution in [-0.4, -0.2) is 82.6 Å². The molecule has 5 aromatic rings. The van der Waals surface area contributed by atoms with Crippen LogP contribution in [0.5, 0.6) is 0 Å². The molecule has 2 saturated heterocycles. The first kappa shape index (κ1) is 32.8. The van der Waals surface area contributed by atoms with Gasteiger partial charge in [0.15, 0.2) is 0 Å². The average molecular weight is 680 g/mol. The highest BCUT2D eigenvalue weighted by molar-refractivity contribution is 7.17. The van der Waals surface area contributed by atoms with Crippen LogP contribution in [0, 0.1) is 19.8 Å². The smallest absolute Gasteiger partial charge is 0.265 e. The Kier molecular flexibility index (Phi) is 8.93. The van der Waals surface area contributed by atoms with Gasteiger partial charge in [-0.1, -0.05) is 30.3 Å². The summed E-state index contributed by atoms with van der Waals surface area (Å²) in [5, 5.41) is 12.8. The molecular weight excluding hydrogens is 639 g/mol. The molecular formula is C37H41N7O4S. The van der Waals surface area contributed by atoms with Gasteiger partial charge in [-0.15, -0.1) is 11.3 Å². The molecule has 0 aliphatic carbocycles. The van der Waals surface area contributed by atoms with Gasteiger partial charge in [0.1, 0.15) is 21.9 Å². The maximum atomic E-state index is 14.2. The number of aryl methyl sites for hydroxylation is 3. The van der Waals surface area contributed by atoms with Crippen LogP contribution in [0.15, 0.2) is 72.0 Å². The molecule has 1 N–H and O–H groups in total. The Bertz CT molecular complexity index is 2040. The van der Waals surface area contributed by atoms with Crippen molar-refractivity contribution in [3.8, 4) is 10.6 Å². The number of aromatic nitrogens is 5. The van der Waals surface area contributed by atoms with Gasteiger partial charge in [-0.2, -0.15) is 0 Å². The summed E-state index contributed by atoms with van der Waals surface area (Å²) in [5.41, 5.74) is 2.86. The molecule has 0 radical (unpaired) electrons. The fourth-order valence-electron chi connectivity index (χ4n) is 7.25. The number of thiazole rings is 1. The van der Waals surface area contributed by atoms with Gasteiger partial charge in [0.05, 0.1) is 23.2 Å². The number of carbonyl (C=O) groups excluding carboxylic acids is 2. The van der Waals surface area contributed by atoms with Gasteiger partial charge in [-0.3, -0.25) is 23.9 Å². The van der Waals surface area contributed by atoms with Crippen molar-refractivity contribution in [3.05, 3.63) is 99.4 Å². The van der Waals surface area contributed by atoms with E-state index in [2.05, 4.69) is 9.97 Å². The highest BCUT2D eigenvalue weighted by atomic mass is 32.1. The summed E-state index contributed by atoms with van der Waals surface area (Å²) in [4.78, 5) is 59.2. The van der Waals surface area contributed by atoms with Gasteiger partial charge in [0, 0.05) is 68.2 Å². The number of piperidine rings is 2. The summed E-state index contributed by atoms with van der Waals surface area (Å²) >= 11 is 1.38. The summed E-state index contributed by atoms with van der Waals surface area (Å²) in [6.07, 6.45) is 6.40. The van der Waals surface area contributed by atoms with E-state index in [1.165, 1.54) is 22.2 Å². The summed E-state index contributed by atoms with van der Waals surface area (Å²) in [5.74, 6) is -0.489. The van der Waals surface area contributed by atoms with E-state index in [9.17, 15) is 19.5 Å². The van der Waals surface area contributed by atoms with E-state index in [0.717, 1.165) is 21.8 Å². The van der Waals surface area contributed by atoms with E-state index in [4.69, 9.17) is 4.98 Å². The molecule has 0 saturated carbocycles. The monoisotopic (exact) mass is 679 g/mol. The molecule has 0 spiro atoms. The Balaban J connectivity index is 1.05. The molecule has 49 heavy (non-hydrogen) atoms. The average Bonchev–Trinajstić information content (AvgIpc) is 3.73. The number of hydrogen-bond donors (Lipinski definition) is 1. The zero-order valence-electron chi connectivity index (χ0n) is 28.1. The second-order valence-electron chi connectivity index (χ2n) is 13.4. The van der Waals surface area contributed by atoms with Gasteiger partial charge in [-0.25, -0.2) is 9.97 Å². The minimum absolute atomic E-state index is 0.0484. The minimum Gasteiger partial charge on any atom is -0.388 e. The maximum Gasteiger partial charge on any atom is 0.265 e. The van der Waals surface area contributed by atoms with Crippen LogP contribution in [0.3, 0.4) is 0 Å². The van der Waals surface area contributed by atoms with Gasteiger partial charge >= 0.3 is 0 Å². The summed E-state index contributed by atoms with van der Waals surface area (Å²) in [6.45, 7) is 8.32. The Morgan fingerprint density at radius 1 is 0.980 bits per heavy atom. The predicted molar refractivity (Wildman–Crippen MR) is 188 cm³/mol. The van der Waals surface area contributed by atoms with Crippen LogP contribution in [0.4, 0.5) is 0 Å². The molecule has 2 atom stereocenters. The van der Waals surface area contributed by atoms with Gasteiger partial charge in [-0.05, 0) is 63.8 Å². The first-order chi connectivity index (χ1) is 23.6. The fourth-order valence-corrected chi connectivity index (χ4v) is 8.28. The second-order valence-corrected chi connectivity index (χ2v) is 14.4. The molecule has 4 aromatic heterocycles. The van der Waals surface area contributed by atoms with E-state index in [-0.39, 0.29) is 35.8 Å². The van der Waals surface area contributed by atoms with Crippen LogP contribution in [0.1, 0.15) is 58.7 Å². The number of likely N-dealkylation sites (tertiary alicyclic amines) is 2. The lowest BCUT2D eigenvalue weighted by molar-refractivity contribution is -0.142. The van der Waals surface area contributed by atoms with Gasteiger partial charge in [0.25, 0.3) is 11.5 Å². The Morgan fingerprint density at radius 3 is 2.47 bits per heavy atom. The molecule has 7 rings (SSSR count). The lowest BCUT2D eigenvalue weighted by Gasteiger charge is -2.43. The Hall–Kier alpha value is -4.68. The third-order valence-electron chi connectivity index (χ3n) is 10.2. The Morgan fingerprint density at radius 2 is 1.76 bits per heavy atom. The standard InChI is InChI=1S/C37H41N7O4S/c1-4-41-16-13-29-32(41)39-23-44(35(29)46)22-37(48)14-18-42(19-15-37)34(45)28-12-17-43(21-30(28)26-8-6-5-7-9-26)36(47)31-25(3)40-33(49-31)27-11-10-24(2)38-20-27/h5-11,13,16,20,23,28,30,48H,4,12,14-15,17-19,21-22H2,1-3H3/t28-,30+/m1/s1. The third kappa shape index (κ3) is 6.42. The van der Waals surface area contributed by atoms with E-state index in [1.54, 1.807) is 12.3 Å². The molecule has 2 amide bonds. The first-order valence-corrected chi connectivity index (χ1v) is 17.8. The van der Waals surface area contributed by atoms with Crippen LogP contribution in [-0.2, 0) is 17.9 Å². The molecule has 2 aliphatic heterocycles. The van der Waals surface area contributed by atoms with Crippen LogP contribution < -0.4 is 5.56 Å². The minimum atomic E-state index is -1.13. The molecule has 1 aromatic carbocycles. The summed E-state index contributed by atoms with van der Waals surface area (Å²) < 4.78 is 3.41.